The van der Waals surface area contributed by atoms with Crippen LogP contribution in [0, 0.1) is 5.41 Å². The summed E-state index contributed by atoms with van der Waals surface area (Å²) >= 11 is 0. The van der Waals surface area contributed by atoms with Crippen molar-refractivity contribution in [2.75, 3.05) is 13.1 Å². The molecular weight excluding hydrogens is 266 g/mol. The maximum Gasteiger partial charge on any atom is 0.228 e. The molecule has 0 aromatic heterocycles. The Hall–Kier alpha value is -0.900. The van der Waals surface area contributed by atoms with Gasteiger partial charge in [-0.05, 0) is 39.0 Å². The van der Waals surface area contributed by atoms with Crippen LogP contribution in [0.3, 0.4) is 0 Å². The molecule has 2 atom stereocenters. The molecule has 2 aliphatic rings. The molecule has 2 fully saturated rings. The van der Waals surface area contributed by atoms with Gasteiger partial charge in [0, 0.05) is 24.9 Å². The molecule has 1 spiro atoms. The third-order valence-corrected chi connectivity index (χ3v) is 4.63. The molecule has 0 aromatic carbocycles. The highest BCUT2D eigenvalue weighted by molar-refractivity contribution is 5.81. The van der Waals surface area contributed by atoms with Crippen molar-refractivity contribution in [1.29, 1.82) is 0 Å². The summed E-state index contributed by atoms with van der Waals surface area (Å²) in [4.78, 5) is 25.6. The van der Waals surface area contributed by atoms with Gasteiger partial charge >= 0.3 is 0 Å². The van der Waals surface area contributed by atoms with Crippen molar-refractivity contribution in [1.82, 2.24) is 4.90 Å². The number of carbonyl (C=O) groups is 2. The molecule has 21 heavy (non-hydrogen) atoms. The second-order valence-electron chi connectivity index (χ2n) is 7.78. The molecule has 0 bridgehead atoms. The van der Waals surface area contributed by atoms with E-state index in [1.807, 2.05) is 25.7 Å². The van der Waals surface area contributed by atoms with E-state index in [4.69, 9.17) is 4.74 Å². The summed E-state index contributed by atoms with van der Waals surface area (Å²) in [7, 11) is 0. The molecule has 2 heterocycles. The Kier molecular flexibility index (Phi) is 4.76. The molecule has 0 N–H and O–H groups in total. The number of carbonyl (C=O) groups excluding carboxylic acids is 2. The van der Waals surface area contributed by atoms with Crippen molar-refractivity contribution in [2.24, 2.45) is 5.41 Å². The van der Waals surface area contributed by atoms with E-state index < -0.39 is 0 Å². The lowest BCUT2D eigenvalue weighted by Gasteiger charge is -2.42. The Labute approximate surface area is 128 Å². The largest absolute Gasteiger partial charge is 0.370 e. The predicted molar refractivity (Wildman–Crippen MR) is 82.0 cm³/mol. The fraction of sp³-hybridized carbons (Fsp3) is 0.882. The second kappa shape index (κ2) is 6.07. The van der Waals surface area contributed by atoms with Crippen molar-refractivity contribution >= 4 is 11.7 Å². The number of amides is 1. The number of rotatable bonds is 3. The Morgan fingerprint density at radius 2 is 2.00 bits per heavy atom. The summed E-state index contributed by atoms with van der Waals surface area (Å²) in [5.41, 5.74) is -0.480. The van der Waals surface area contributed by atoms with Crippen molar-refractivity contribution in [3.05, 3.63) is 0 Å². The molecule has 4 heteroatoms. The first kappa shape index (κ1) is 16.5. The van der Waals surface area contributed by atoms with Crippen LogP contribution in [0.15, 0.2) is 0 Å². The van der Waals surface area contributed by atoms with E-state index >= 15 is 0 Å². The van der Waals surface area contributed by atoms with Crippen LogP contribution in [0.25, 0.3) is 0 Å². The van der Waals surface area contributed by atoms with Crippen LogP contribution in [0.4, 0.5) is 0 Å². The molecule has 0 aliphatic carbocycles. The van der Waals surface area contributed by atoms with Gasteiger partial charge in [-0.1, -0.05) is 20.8 Å². The number of hydrogen-bond acceptors (Lipinski definition) is 3. The first-order chi connectivity index (χ1) is 9.72. The van der Waals surface area contributed by atoms with Crippen molar-refractivity contribution in [3.63, 3.8) is 0 Å². The van der Waals surface area contributed by atoms with Gasteiger partial charge in [-0.25, -0.2) is 0 Å². The van der Waals surface area contributed by atoms with E-state index in [0.717, 1.165) is 45.2 Å². The lowest BCUT2D eigenvalue weighted by Crippen LogP contribution is -2.53. The number of nitrogens with zero attached hydrogens (tertiary/aromatic N) is 1. The quantitative estimate of drug-likeness (QED) is 0.804. The third kappa shape index (κ3) is 4.06. The van der Waals surface area contributed by atoms with E-state index in [2.05, 4.69) is 0 Å². The minimum absolute atomic E-state index is 0.152. The summed E-state index contributed by atoms with van der Waals surface area (Å²) in [6.45, 7) is 9.12. The minimum atomic E-state index is -0.328. The van der Waals surface area contributed by atoms with Crippen molar-refractivity contribution in [2.45, 2.75) is 77.9 Å². The molecule has 0 radical (unpaired) electrons. The topological polar surface area (TPSA) is 46.6 Å². The fourth-order valence-corrected chi connectivity index (χ4v) is 3.51. The van der Waals surface area contributed by atoms with Crippen molar-refractivity contribution < 1.29 is 14.3 Å². The number of Topliss-reactive ketones (excluding diaryl/α,β-unsaturated/α-hetero) is 1. The summed E-state index contributed by atoms with van der Waals surface area (Å²) in [5.74, 6) is 0.449. The smallest absolute Gasteiger partial charge is 0.228 e. The highest BCUT2D eigenvalue weighted by atomic mass is 16.5. The van der Waals surface area contributed by atoms with E-state index in [1.54, 1.807) is 6.92 Å². The summed E-state index contributed by atoms with van der Waals surface area (Å²) in [6, 6.07) is 0. The maximum atomic E-state index is 12.5. The first-order valence-electron chi connectivity index (χ1n) is 8.18. The molecule has 0 aromatic rings. The molecular formula is C17H29NO3. The SMILES string of the molecule is CC(=O)CC[C@H]1CC[C@]2(CCCN(C(=O)C(C)(C)C)C2)O1. The maximum absolute atomic E-state index is 12.5. The molecule has 2 aliphatic heterocycles. The summed E-state index contributed by atoms with van der Waals surface area (Å²) in [5, 5.41) is 0. The van der Waals surface area contributed by atoms with E-state index in [1.165, 1.54) is 0 Å². The first-order valence-corrected chi connectivity index (χ1v) is 8.18. The van der Waals surface area contributed by atoms with Crippen LogP contribution in [-0.2, 0) is 14.3 Å². The molecule has 0 unspecified atom stereocenters. The normalized spacial score (nSPS) is 29.9. The number of hydrogen-bond donors (Lipinski definition) is 0. The average Bonchev–Trinajstić information content (AvgIpc) is 2.77. The van der Waals surface area contributed by atoms with Gasteiger partial charge in [0.05, 0.1) is 11.7 Å². The van der Waals surface area contributed by atoms with Gasteiger partial charge in [0.25, 0.3) is 0 Å². The molecule has 2 saturated heterocycles. The zero-order valence-corrected chi connectivity index (χ0v) is 13.9. The van der Waals surface area contributed by atoms with Gasteiger partial charge in [0.1, 0.15) is 5.78 Å². The van der Waals surface area contributed by atoms with Crippen LogP contribution in [0.5, 0.6) is 0 Å². The van der Waals surface area contributed by atoms with Crippen LogP contribution in [0.2, 0.25) is 0 Å². The fourth-order valence-electron chi connectivity index (χ4n) is 3.51. The number of ether oxygens (including phenoxy) is 1. The molecule has 2 rings (SSSR count). The molecule has 120 valence electrons. The highest BCUT2D eigenvalue weighted by Crippen LogP contribution is 2.39. The van der Waals surface area contributed by atoms with E-state index in [9.17, 15) is 9.59 Å². The van der Waals surface area contributed by atoms with Crippen LogP contribution < -0.4 is 0 Å². The highest BCUT2D eigenvalue weighted by Gasteiger charge is 2.45. The zero-order valence-electron chi connectivity index (χ0n) is 13.9. The van der Waals surface area contributed by atoms with Crippen LogP contribution in [-0.4, -0.2) is 41.4 Å². The van der Waals surface area contributed by atoms with Gasteiger partial charge in [0.2, 0.25) is 5.91 Å². The lowest BCUT2D eigenvalue weighted by atomic mass is 9.87. The third-order valence-electron chi connectivity index (χ3n) is 4.63. The predicted octanol–water partition coefficient (Wildman–Crippen LogP) is 2.94. The van der Waals surface area contributed by atoms with Gasteiger partial charge in [-0.15, -0.1) is 0 Å². The number of piperidine rings is 1. The van der Waals surface area contributed by atoms with Crippen LogP contribution in [0.1, 0.15) is 66.2 Å². The van der Waals surface area contributed by atoms with Crippen LogP contribution >= 0.6 is 0 Å². The van der Waals surface area contributed by atoms with E-state index in [-0.39, 0.29) is 28.8 Å². The molecule has 1 amide bonds. The second-order valence-corrected chi connectivity index (χ2v) is 7.78. The molecule has 0 saturated carbocycles. The number of likely N-dealkylation sites (tertiary alicyclic amines) is 1. The zero-order chi connectivity index (χ0) is 15.7. The Bertz CT molecular complexity index is 413. The standard InChI is InChI=1S/C17H29NO3/c1-13(19)6-7-14-8-10-17(21-14)9-5-11-18(12-17)15(20)16(2,3)4/h14H,5-12H2,1-4H3/t14-,17-/m0/s1. The van der Waals surface area contributed by atoms with E-state index in [0.29, 0.717) is 6.42 Å². The Balaban J connectivity index is 1.95. The lowest BCUT2D eigenvalue weighted by molar-refractivity contribution is -0.150. The minimum Gasteiger partial charge on any atom is -0.370 e. The summed E-state index contributed by atoms with van der Waals surface area (Å²) in [6.07, 6.45) is 5.71. The monoisotopic (exact) mass is 295 g/mol. The van der Waals surface area contributed by atoms with Crippen molar-refractivity contribution in [3.8, 4) is 0 Å². The van der Waals surface area contributed by atoms with Gasteiger partial charge in [-0.2, -0.15) is 0 Å². The van der Waals surface area contributed by atoms with Gasteiger partial charge < -0.3 is 14.4 Å². The molecule has 4 nitrogen and oxygen atoms in total. The summed E-state index contributed by atoms with van der Waals surface area (Å²) < 4.78 is 6.29. The average molecular weight is 295 g/mol. The Morgan fingerprint density at radius 1 is 1.29 bits per heavy atom. The van der Waals surface area contributed by atoms with Gasteiger partial charge in [0.15, 0.2) is 0 Å². The number of ketones is 1. The Morgan fingerprint density at radius 3 is 2.62 bits per heavy atom. The van der Waals surface area contributed by atoms with Gasteiger partial charge in [-0.3, -0.25) is 4.79 Å².